The molecular formula is C12H10F3NO3S. The lowest BCUT2D eigenvalue weighted by atomic mass is 10.2. The third-order valence-corrected chi connectivity index (χ3v) is 4.31. The van der Waals surface area contributed by atoms with E-state index in [4.69, 9.17) is 5.11 Å². The maximum Gasteiger partial charge on any atom is 0.418 e. The van der Waals surface area contributed by atoms with Crippen LogP contribution >= 0.6 is 0 Å². The number of aliphatic hydroxyl groups is 1. The van der Waals surface area contributed by atoms with E-state index in [1.807, 2.05) is 0 Å². The van der Waals surface area contributed by atoms with Gasteiger partial charge >= 0.3 is 6.18 Å². The Kier molecular flexibility index (Phi) is 3.61. The van der Waals surface area contributed by atoms with Crippen molar-refractivity contribution in [1.29, 1.82) is 0 Å². The van der Waals surface area contributed by atoms with Gasteiger partial charge in [-0.25, -0.2) is 12.4 Å². The number of rotatable bonds is 3. The fourth-order valence-electron chi connectivity index (χ4n) is 1.70. The average molecular weight is 305 g/mol. The van der Waals surface area contributed by atoms with Gasteiger partial charge < -0.3 is 5.11 Å². The number of benzene rings is 1. The first-order valence-electron chi connectivity index (χ1n) is 5.46. The Labute approximate surface area is 113 Å². The van der Waals surface area contributed by atoms with E-state index in [0.29, 0.717) is 10.2 Å². The highest BCUT2D eigenvalue weighted by Gasteiger charge is 2.36. The van der Waals surface area contributed by atoms with Crippen LogP contribution in [0.5, 0.6) is 0 Å². The van der Waals surface area contributed by atoms with Gasteiger partial charge in [-0.1, -0.05) is 18.2 Å². The van der Waals surface area contributed by atoms with Crippen molar-refractivity contribution in [2.45, 2.75) is 17.7 Å². The van der Waals surface area contributed by atoms with Gasteiger partial charge in [-0.2, -0.15) is 13.2 Å². The topological polar surface area (TPSA) is 59.3 Å². The molecule has 0 aliphatic carbocycles. The molecule has 108 valence electrons. The van der Waals surface area contributed by atoms with Crippen LogP contribution in [0.2, 0.25) is 0 Å². The van der Waals surface area contributed by atoms with Crippen LogP contribution in [0.3, 0.4) is 0 Å². The van der Waals surface area contributed by atoms with Gasteiger partial charge in [-0.05, 0) is 12.1 Å². The average Bonchev–Trinajstić information content (AvgIpc) is 2.84. The number of nitrogens with zero attached hydrogens (tertiary/aromatic N) is 1. The molecule has 0 aliphatic heterocycles. The van der Waals surface area contributed by atoms with Gasteiger partial charge in [0, 0.05) is 18.0 Å². The summed E-state index contributed by atoms with van der Waals surface area (Å²) in [6.07, 6.45) is -3.49. The molecule has 0 amide bonds. The summed E-state index contributed by atoms with van der Waals surface area (Å²) in [5.41, 5.74) is -1.66. The second kappa shape index (κ2) is 4.95. The summed E-state index contributed by atoms with van der Waals surface area (Å²) in [6.45, 7) is -0.897. The van der Waals surface area contributed by atoms with E-state index >= 15 is 0 Å². The fourth-order valence-corrected chi connectivity index (χ4v) is 2.96. The third kappa shape index (κ3) is 2.56. The van der Waals surface area contributed by atoms with E-state index < -0.39 is 33.9 Å². The molecule has 0 fully saturated rings. The Hall–Kier alpha value is -1.80. The van der Waals surface area contributed by atoms with Gasteiger partial charge in [0.1, 0.15) is 0 Å². The highest BCUT2D eigenvalue weighted by Crippen LogP contribution is 2.33. The van der Waals surface area contributed by atoms with E-state index in [0.717, 1.165) is 6.20 Å². The Balaban J connectivity index is 2.57. The molecule has 4 nitrogen and oxygen atoms in total. The molecule has 1 aromatic heterocycles. The highest BCUT2D eigenvalue weighted by molar-refractivity contribution is 7.90. The van der Waals surface area contributed by atoms with Crippen LogP contribution in [0.1, 0.15) is 11.1 Å². The number of aliphatic hydroxyl groups excluding tert-OH is 1. The zero-order valence-electron chi connectivity index (χ0n) is 10.0. The summed E-state index contributed by atoms with van der Waals surface area (Å²) in [5.74, 6) is 0. The monoisotopic (exact) mass is 305 g/mol. The first-order chi connectivity index (χ1) is 9.26. The lowest BCUT2D eigenvalue weighted by Gasteiger charge is -2.06. The number of halogens is 3. The van der Waals surface area contributed by atoms with Crippen molar-refractivity contribution < 1.29 is 26.7 Å². The van der Waals surface area contributed by atoms with Crippen molar-refractivity contribution in [2.75, 3.05) is 0 Å². The van der Waals surface area contributed by atoms with Crippen molar-refractivity contribution in [3.8, 4) is 0 Å². The van der Waals surface area contributed by atoms with Crippen LogP contribution in [-0.4, -0.2) is 17.5 Å². The third-order valence-electron chi connectivity index (χ3n) is 2.68. The molecule has 0 radical (unpaired) electrons. The van der Waals surface area contributed by atoms with Gasteiger partial charge in [-0.15, -0.1) is 0 Å². The molecule has 1 heterocycles. The van der Waals surface area contributed by atoms with E-state index in [-0.39, 0.29) is 4.90 Å². The zero-order chi connectivity index (χ0) is 15.0. The summed E-state index contributed by atoms with van der Waals surface area (Å²) >= 11 is 0. The van der Waals surface area contributed by atoms with Crippen molar-refractivity contribution in [3.05, 3.63) is 53.9 Å². The van der Waals surface area contributed by atoms with Crippen molar-refractivity contribution in [1.82, 2.24) is 3.97 Å². The molecule has 2 aromatic rings. The van der Waals surface area contributed by atoms with E-state index in [9.17, 15) is 21.6 Å². The predicted molar refractivity (Wildman–Crippen MR) is 64.4 cm³/mol. The first-order valence-corrected chi connectivity index (χ1v) is 6.90. The van der Waals surface area contributed by atoms with Crippen molar-refractivity contribution in [2.24, 2.45) is 0 Å². The second-order valence-electron chi connectivity index (χ2n) is 4.00. The molecule has 0 bridgehead atoms. The molecule has 1 N–H and O–H groups in total. The minimum absolute atomic E-state index is 0.131. The van der Waals surface area contributed by atoms with Gasteiger partial charge in [0.15, 0.2) is 0 Å². The predicted octanol–water partition coefficient (Wildman–Crippen LogP) is 2.24. The normalized spacial score (nSPS) is 12.6. The molecule has 0 spiro atoms. The van der Waals surface area contributed by atoms with E-state index in [2.05, 4.69) is 0 Å². The van der Waals surface area contributed by atoms with E-state index in [1.165, 1.54) is 24.3 Å². The van der Waals surface area contributed by atoms with Gasteiger partial charge in [0.2, 0.25) is 0 Å². The molecule has 0 atom stereocenters. The molecule has 0 aliphatic rings. The minimum Gasteiger partial charge on any atom is -0.392 e. The second-order valence-corrected chi connectivity index (χ2v) is 5.84. The molecule has 8 heteroatoms. The van der Waals surface area contributed by atoms with Crippen molar-refractivity contribution in [3.63, 3.8) is 0 Å². The Bertz CT molecular complexity index is 705. The summed E-state index contributed by atoms with van der Waals surface area (Å²) < 4.78 is 62.9. The molecule has 1 aromatic carbocycles. The Morgan fingerprint density at radius 3 is 2.15 bits per heavy atom. The Morgan fingerprint density at radius 1 is 1.10 bits per heavy atom. The standard InChI is InChI=1S/C12H10F3NO3S/c13-12(14,15)11-7-16(6-9(11)8-17)20(18,19)10-4-2-1-3-5-10/h1-7,17H,8H2. The van der Waals surface area contributed by atoms with Crippen LogP contribution in [-0.2, 0) is 22.8 Å². The maximum atomic E-state index is 12.7. The summed E-state index contributed by atoms with van der Waals surface area (Å²) in [4.78, 5) is -0.131. The number of alkyl halides is 3. The Morgan fingerprint density at radius 2 is 1.70 bits per heavy atom. The quantitative estimate of drug-likeness (QED) is 0.946. The molecule has 2 rings (SSSR count). The lowest BCUT2D eigenvalue weighted by Crippen LogP contribution is -2.11. The van der Waals surface area contributed by atoms with Gasteiger partial charge in [0.05, 0.1) is 17.1 Å². The summed E-state index contributed by atoms with van der Waals surface area (Å²) in [7, 11) is -4.11. The number of hydrogen-bond acceptors (Lipinski definition) is 3. The van der Waals surface area contributed by atoms with Crippen LogP contribution in [0.25, 0.3) is 0 Å². The minimum atomic E-state index is -4.73. The molecule has 0 unspecified atom stereocenters. The molecule has 0 saturated carbocycles. The van der Waals surface area contributed by atoms with Crippen LogP contribution < -0.4 is 0 Å². The maximum absolute atomic E-state index is 12.7. The SMILES string of the molecule is O=S(=O)(c1ccccc1)n1cc(CO)c(C(F)(F)F)c1. The lowest BCUT2D eigenvalue weighted by molar-refractivity contribution is -0.138. The number of hydrogen-bond donors (Lipinski definition) is 1. The van der Waals surface area contributed by atoms with Crippen molar-refractivity contribution >= 4 is 10.0 Å². The highest BCUT2D eigenvalue weighted by atomic mass is 32.2. The van der Waals surface area contributed by atoms with E-state index in [1.54, 1.807) is 6.07 Å². The van der Waals surface area contributed by atoms with Gasteiger partial charge in [-0.3, -0.25) is 0 Å². The molecular weight excluding hydrogens is 295 g/mol. The summed E-state index contributed by atoms with van der Waals surface area (Å²) in [6, 6.07) is 7.08. The fraction of sp³-hybridized carbons (Fsp3) is 0.167. The zero-order valence-corrected chi connectivity index (χ0v) is 10.8. The summed E-state index contributed by atoms with van der Waals surface area (Å²) in [5, 5.41) is 8.92. The smallest absolute Gasteiger partial charge is 0.392 e. The van der Waals surface area contributed by atoms with Crippen LogP contribution in [0, 0.1) is 0 Å². The first kappa shape index (κ1) is 14.6. The van der Waals surface area contributed by atoms with Crippen LogP contribution in [0.4, 0.5) is 13.2 Å². The molecule has 0 saturated heterocycles. The largest absolute Gasteiger partial charge is 0.418 e. The number of aromatic nitrogens is 1. The van der Waals surface area contributed by atoms with Crippen LogP contribution in [0.15, 0.2) is 47.6 Å². The molecule has 20 heavy (non-hydrogen) atoms. The van der Waals surface area contributed by atoms with Gasteiger partial charge in [0.25, 0.3) is 10.0 Å².